The van der Waals surface area contributed by atoms with Crippen LogP contribution in [-0.2, 0) is 0 Å². The van der Waals surface area contributed by atoms with Crippen LogP contribution in [0.2, 0.25) is 0 Å². The molecule has 10 aromatic carbocycles. The Morgan fingerprint density at radius 1 is 0.302 bits per heavy atom. The fourth-order valence-electron chi connectivity index (χ4n) is 7.90. The van der Waals surface area contributed by atoms with Gasteiger partial charge >= 0.3 is 0 Å². The topological polar surface area (TPSA) is 3.24 Å². The fraction of sp³-hybridized carbons (Fsp3) is 0. The Kier molecular flexibility index (Phi) is 6.56. The summed E-state index contributed by atoms with van der Waals surface area (Å²) in [5, 5.41) is 8.79. The van der Waals surface area contributed by atoms with E-state index in [9.17, 15) is 5.48 Å². The third-order valence-electron chi connectivity index (χ3n) is 10.3. The Labute approximate surface area is 315 Å². The molecule has 1 nitrogen and oxygen atoms in total. The molecule has 0 unspecified atom stereocenters. The normalized spacial score (nSPS) is 12.5. The molecule has 0 bridgehead atoms. The Morgan fingerprint density at radius 2 is 0.736 bits per heavy atom. The number of anilines is 3. The van der Waals surface area contributed by atoms with Gasteiger partial charge < -0.3 is 4.90 Å². The zero-order chi connectivity index (χ0) is 38.6. The number of hydrogen-bond donors (Lipinski definition) is 0. The van der Waals surface area contributed by atoms with Crippen LogP contribution in [0.25, 0.3) is 76.5 Å². The molecule has 0 heterocycles. The van der Waals surface area contributed by atoms with Gasteiger partial charge in [-0.2, -0.15) is 0 Å². The van der Waals surface area contributed by atoms with E-state index in [1.165, 1.54) is 16.2 Å². The molecule has 0 saturated heterocycles. The van der Waals surface area contributed by atoms with Crippen LogP contribution in [0.5, 0.6) is 0 Å². The fourth-order valence-corrected chi connectivity index (χ4v) is 7.90. The minimum atomic E-state index is -0.108. The van der Waals surface area contributed by atoms with E-state index >= 15 is 0 Å². The predicted molar refractivity (Wildman–Crippen MR) is 227 cm³/mol. The average Bonchev–Trinajstić information content (AvgIpc) is 3.27. The van der Waals surface area contributed by atoms with E-state index in [0.717, 1.165) is 60.6 Å². The molecule has 0 radical (unpaired) electrons. The molecule has 0 amide bonds. The van der Waals surface area contributed by atoms with Crippen molar-refractivity contribution in [3.8, 4) is 33.4 Å². The van der Waals surface area contributed by atoms with Gasteiger partial charge in [0.2, 0.25) is 0 Å². The largest absolute Gasteiger partial charge is 0.310 e. The van der Waals surface area contributed by atoms with Crippen molar-refractivity contribution < 1.29 is 5.48 Å². The molecule has 0 saturated carbocycles. The van der Waals surface area contributed by atoms with Crippen LogP contribution in [0.1, 0.15) is 5.48 Å². The summed E-state index contributed by atoms with van der Waals surface area (Å²) in [4.78, 5) is 1.92. The first-order chi connectivity index (χ1) is 28.0. The summed E-state index contributed by atoms with van der Waals surface area (Å²) in [5.74, 6) is 0. The molecule has 0 aliphatic carbocycles. The van der Waals surface area contributed by atoms with E-state index in [1.807, 2.05) is 65.6 Å². The zero-order valence-corrected chi connectivity index (χ0v) is 28.8. The van der Waals surface area contributed by atoms with Gasteiger partial charge in [0, 0.05) is 16.8 Å². The highest BCUT2D eigenvalue weighted by Crippen LogP contribution is 2.46. The van der Waals surface area contributed by atoms with Crippen LogP contribution in [0.15, 0.2) is 212 Å². The molecule has 1 heteroatoms. The van der Waals surface area contributed by atoms with Gasteiger partial charge in [0.25, 0.3) is 0 Å². The summed E-state index contributed by atoms with van der Waals surface area (Å²) >= 11 is 0. The standard InChI is InChI=1S/C52H35N/c1-3-15-36(16-4-1)37-27-31-41(32-28-37)53(50-35-40-19-7-8-20-43(40)44-21-9-12-24-47(44)50)42-33-29-39(30-34-42)52-49-26-14-11-23-46(49)45-22-10-13-25-48(45)51(52)38-17-5-2-6-18-38/h1-35H/i27D,28D,31D,32D. The van der Waals surface area contributed by atoms with Crippen LogP contribution < -0.4 is 4.90 Å². The molecular weight excluding hydrogens is 639 g/mol. The van der Waals surface area contributed by atoms with E-state index in [0.29, 0.717) is 5.56 Å². The quantitative estimate of drug-likeness (QED) is 0.158. The molecule has 0 spiro atoms. The van der Waals surface area contributed by atoms with Gasteiger partial charge in [0.05, 0.1) is 11.2 Å². The smallest absolute Gasteiger partial charge is 0.0645 e. The highest BCUT2D eigenvalue weighted by molar-refractivity contribution is 6.21. The van der Waals surface area contributed by atoms with Crippen LogP contribution in [-0.4, -0.2) is 0 Å². The van der Waals surface area contributed by atoms with Gasteiger partial charge in [0.1, 0.15) is 0 Å². The Balaban J connectivity index is 1.25. The van der Waals surface area contributed by atoms with E-state index in [1.54, 1.807) is 0 Å². The van der Waals surface area contributed by atoms with Gasteiger partial charge in [0.15, 0.2) is 0 Å². The van der Waals surface area contributed by atoms with Gasteiger partial charge in [-0.05, 0) is 101 Å². The molecular formula is C52H35N. The van der Waals surface area contributed by atoms with Crippen molar-refractivity contribution in [2.24, 2.45) is 0 Å². The summed E-state index contributed by atoms with van der Waals surface area (Å²) in [5.41, 5.74) is 7.05. The highest BCUT2D eigenvalue weighted by atomic mass is 15.1. The van der Waals surface area contributed by atoms with Gasteiger partial charge in [-0.15, -0.1) is 0 Å². The summed E-state index contributed by atoms with van der Waals surface area (Å²) in [6.45, 7) is 0. The van der Waals surface area contributed by atoms with Gasteiger partial charge in [-0.25, -0.2) is 0 Å². The molecule has 248 valence electrons. The van der Waals surface area contributed by atoms with Crippen molar-refractivity contribution in [3.63, 3.8) is 0 Å². The molecule has 0 atom stereocenters. The maximum absolute atomic E-state index is 9.56. The van der Waals surface area contributed by atoms with E-state index in [-0.39, 0.29) is 35.4 Å². The number of fused-ring (bicyclic) bond motifs is 6. The first kappa shape index (κ1) is 26.8. The van der Waals surface area contributed by atoms with Crippen LogP contribution in [0, 0.1) is 0 Å². The monoisotopic (exact) mass is 677 g/mol. The molecule has 0 aliphatic rings. The lowest BCUT2D eigenvalue weighted by molar-refractivity contribution is 1.30. The number of benzene rings is 10. The van der Waals surface area contributed by atoms with Crippen LogP contribution in [0.3, 0.4) is 0 Å². The number of nitrogens with zero attached hydrogens (tertiary/aromatic N) is 1. The van der Waals surface area contributed by atoms with Crippen molar-refractivity contribution in [3.05, 3.63) is 212 Å². The third kappa shape index (κ3) is 5.34. The van der Waals surface area contributed by atoms with E-state index < -0.39 is 0 Å². The van der Waals surface area contributed by atoms with Crippen LogP contribution >= 0.6 is 0 Å². The first-order valence-electron chi connectivity index (χ1n) is 20.0. The van der Waals surface area contributed by atoms with E-state index in [4.69, 9.17) is 0 Å². The van der Waals surface area contributed by atoms with Crippen molar-refractivity contribution in [1.82, 2.24) is 0 Å². The zero-order valence-electron chi connectivity index (χ0n) is 32.8. The molecule has 53 heavy (non-hydrogen) atoms. The van der Waals surface area contributed by atoms with E-state index in [2.05, 4.69) is 127 Å². The molecule has 0 aromatic heterocycles. The second kappa shape index (κ2) is 13.0. The molecule has 0 fully saturated rings. The maximum Gasteiger partial charge on any atom is 0.0645 e. The summed E-state index contributed by atoms with van der Waals surface area (Å²) in [6, 6.07) is 63.5. The highest BCUT2D eigenvalue weighted by Gasteiger charge is 2.20. The second-order valence-corrected chi connectivity index (χ2v) is 13.3. The molecule has 10 rings (SSSR count). The van der Waals surface area contributed by atoms with Gasteiger partial charge in [-0.1, -0.05) is 182 Å². The Morgan fingerprint density at radius 3 is 1.32 bits per heavy atom. The second-order valence-electron chi connectivity index (χ2n) is 13.3. The summed E-state index contributed by atoms with van der Waals surface area (Å²) < 4.78 is 37.7. The predicted octanol–water partition coefficient (Wildman–Crippen LogP) is 14.8. The number of hydrogen-bond acceptors (Lipinski definition) is 1. The lowest BCUT2D eigenvalue weighted by Gasteiger charge is -2.28. The van der Waals surface area contributed by atoms with Crippen molar-refractivity contribution in [2.45, 2.75) is 0 Å². The Bertz CT molecular complexity index is 3130. The summed E-state index contributed by atoms with van der Waals surface area (Å²) in [6.07, 6.45) is 0. The number of rotatable bonds is 6. The van der Waals surface area contributed by atoms with Crippen molar-refractivity contribution in [1.29, 1.82) is 0 Å². The van der Waals surface area contributed by atoms with Crippen molar-refractivity contribution >= 4 is 60.2 Å². The van der Waals surface area contributed by atoms with Crippen molar-refractivity contribution in [2.75, 3.05) is 4.90 Å². The van der Waals surface area contributed by atoms with Crippen LogP contribution in [0.4, 0.5) is 17.1 Å². The summed E-state index contributed by atoms with van der Waals surface area (Å²) in [7, 11) is 0. The lowest BCUT2D eigenvalue weighted by Crippen LogP contribution is -2.10. The Hall–Kier alpha value is -6.96. The third-order valence-corrected chi connectivity index (χ3v) is 10.3. The molecule has 10 aromatic rings. The average molecular weight is 678 g/mol. The molecule has 0 aliphatic heterocycles. The minimum absolute atomic E-state index is 0.0842. The first-order valence-corrected chi connectivity index (χ1v) is 18.0. The van der Waals surface area contributed by atoms with Gasteiger partial charge in [-0.3, -0.25) is 0 Å². The minimum Gasteiger partial charge on any atom is -0.310 e. The lowest BCUT2D eigenvalue weighted by atomic mass is 9.85. The maximum atomic E-state index is 9.56. The SMILES string of the molecule is [2H]c1c([2H])c(N(c2ccc(-c3c(-c4ccccc4)c4ccccc4c4ccccc34)cc2)c2cc3ccccc3c3ccccc23)c([2H])c([2H])c1-c1ccccc1. The molecule has 0 N–H and O–H groups in total.